The normalized spacial score (nSPS) is 17.9. The molecule has 0 amide bonds. The van der Waals surface area contributed by atoms with Crippen LogP contribution in [-0.2, 0) is 9.47 Å². The summed E-state index contributed by atoms with van der Waals surface area (Å²) in [5.41, 5.74) is 4.22. The summed E-state index contributed by atoms with van der Waals surface area (Å²) in [6.07, 6.45) is 0. The smallest absolute Gasteiger partial charge is 0.347 e. The second-order valence-corrected chi connectivity index (χ2v) is 15.4. The Morgan fingerprint density at radius 2 is 0.717 bits per heavy atom. The number of rotatable bonds is 4. The van der Waals surface area contributed by atoms with Gasteiger partial charge in [0.25, 0.3) is 0 Å². The van der Waals surface area contributed by atoms with Crippen molar-refractivity contribution in [2.45, 2.75) is 11.8 Å². The van der Waals surface area contributed by atoms with Crippen LogP contribution in [0.2, 0.25) is 0 Å². The number of hydrogen-bond acceptors (Lipinski definition) is 10. The van der Waals surface area contributed by atoms with Crippen LogP contribution in [-0.4, -0.2) is 47.0 Å². The summed E-state index contributed by atoms with van der Waals surface area (Å²) in [4.78, 5) is 107. The molecule has 8 aromatic carbocycles. The maximum atomic E-state index is 14.3. The van der Waals surface area contributed by atoms with Crippen molar-refractivity contribution in [3.8, 4) is 22.3 Å². The molecule has 282 valence electrons. The molecule has 8 aromatic rings. The third kappa shape index (κ3) is 4.31. The van der Waals surface area contributed by atoms with E-state index in [9.17, 15) is 38.4 Å². The number of ether oxygens (including phenoxy) is 2. The molecule has 2 aliphatic heterocycles. The summed E-state index contributed by atoms with van der Waals surface area (Å²) in [5.74, 6) is -6.88. The highest BCUT2D eigenvalue weighted by Crippen LogP contribution is 2.46. The molecule has 0 radical (unpaired) electrons. The van der Waals surface area contributed by atoms with E-state index in [0.29, 0.717) is 44.2 Å². The van der Waals surface area contributed by atoms with Gasteiger partial charge >= 0.3 is 23.9 Å². The van der Waals surface area contributed by atoms with Crippen molar-refractivity contribution in [3.63, 3.8) is 0 Å². The Balaban J connectivity index is 0.946. The summed E-state index contributed by atoms with van der Waals surface area (Å²) in [6, 6.07) is 34.1. The predicted molar refractivity (Wildman–Crippen MR) is 216 cm³/mol. The predicted octanol–water partition coefficient (Wildman–Crippen LogP) is 8.86. The Hall–Kier alpha value is -8.24. The first-order valence-electron chi connectivity index (χ1n) is 19.0. The number of hydrogen-bond donors (Lipinski definition) is 0. The third-order valence-electron chi connectivity index (χ3n) is 12.5. The Bertz CT molecular complexity index is 3270. The first kappa shape index (κ1) is 33.9. The van der Waals surface area contributed by atoms with E-state index in [1.165, 1.54) is 12.1 Å². The molecule has 0 saturated heterocycles. The third-order valence-corrected chi connectivity index (χ3v) is 12.5. The molecule has 60 heavy (non-hydrogen) atoms. The van der Waals surface area contributed by atoms with Crippen molar-refractivity contribution in [1.82, 2.24) is 0 Å². The summed E-state index contributed by atoms with van der Waals surface area (Å²) < 4.78 is 9.67. The van der Waals surface area contributed by atoms with E-state index < -0.39 is 47.3 Å². The lowest BCUT2D eigenvalue weighted by molar-refractivity contribution is 0.0426. The van der Waals surface area contributed by atoms with Gasteiger partial charge in [0, 0.05) is 22.3 Å². The van der Waals surface area contributed by atoms with E-state index in [-0.39, 0.29) is 56.1 Å². The topological polar surface area (TPSA) is 155 Å². The molecule has 0 spiro atoms. The number of benzene rings is 8. The number of fused-ring (bicyclic) bond motifs is 4. The molecule has 2 aliphatic carbocycles. The van der Waals surface area contributed by atoms with Gasteiger partial charge in [-0.25, -0.2) is 19.2 Å². The maximum absolute atomic E-state index is 14.3. The summed E-state index contributed by atoms with van der Waals surface area (Å²) >= 11 is 0. The highest BCUT2D eigenvalue weighted by molar-refractivity contribution is 6.35. The molecule has 12 rings (SSSR count). The van der Waals surface area contributed by atoms with Gasteiger partial charge in [0.1, 0.15) is 11.8 Å². The number of ketones is 4. The zero-order chi connectivity index (χ0) is 40.9. The quantitative estimate of drug-likeness (QED) is 0.0960. The van der Waals surface area contributed by atoms with Crippen LogP contribution in [0.5, 0.6) is 0 Å². The number of esters is 4. The molecule has 0 saturated carbocycles. The molecule has 0 bridgehead atoms. The van der Waals surface area contributed by atoms with Crippen molar-refractivity contribution in [2.75, 3.05) is 0 Å². The van der Waals surface area contributed by atoms with Crippen LogP contribution in [0.3, 0.4) is 0 Å². The molecule has 0 fully saturated rings. The second kappa shape index (κ2) is 11.7. The van der Waals surface area contributed by atoms with Gasteiger partial charge in [0.2, 0.25) is 0 Å². The van der Waals surface area contributed by atoms with Crippen LogP contribution in [0.4, 0.5) is 0 Å². The summed E-state index contributed by atoms with van der Waals surface area (Å²) in [6.45, 7) is 0. The zero-order valence-electron chi connectivity index (χ0n) is 30.8. The fraction of sp³-hybridized carbons (Fsp3) is 0.0400. The summed E-state index contributed by atoms with van der Waals surface area (Å²) in [7, 11) is 0. The van der Waals surface area contributed by atoms with E-state index >= 15 is 0 Å². The standard InChI is InChI=1S/C50H22O10/c51-43-31-17-11-23(25-3-1-5-33-39(25)49(57)59-47(33)55)19-35(31)45(53)41(43)29-15-9-21-8-14-28-30(16-10-22-7-13-27(29)37(21)38(22)28)42-44(52)32-18-12-24(20-36(32)46(42)54)26-4-2-6-34-40(26)50(58)60-48(34)56/h1-20,41-42H. The van der Waals surface area contributed by atoms with Gasteiger partial charge < -0.3 is 9.47 Å². The molecule has 2 heterocycles. The van der Waals surface area contributed by atoms with Gasteiger partial charge in [-0.1, -0.05) is 97.1 Å². The molecule has 10 nitrogen and oxygen atoms in total. The molecule has 10 heteroatoms. The molecule has 4 aliphatic rings. The Morgan fingerprint density at radius 3 is 1.15 bits per heavy atom. The molecule has 0 N–H and O–H groups in total. The van der Waals surface area contributed by atoms with Gasteiger partial charge in [-0.3, -0.25) is 19.2 Å². The summed E-state index contributed by atoms with van der Waals surface area (Å²) in [5, 5.41) is 4.59. The average Bonchev–Trinajstić information content (AvgIpc) is 3.91. The minimum absolute atomic E-state index is 0.110. The fourth-order valence-electron chi connectivity index (χ4n) is 9.78. The monoisotopic (exact) mass is 782 g/mol. The van der Waals surface area contributed by atoms with Gasteiger partial charge in [-0.15, -0.1) is 0 Å². The van der Waals surface area contributed by atoms with Crippen LogP contribution in [0.1, 0.15) is 106 Å². The van der Waals surface area contributed by atoms with Crippen LogP contribution in [0, 0.1) is 0 Å². The first-order chi connectivity index (χ1) is 29.1. The van der Waals surface area contributed by atoms with Gasteiger partial charge in [0.05, 0.1) is 22.3 Å². The van der Waals surface area contributed by atoms with Crippen molar-refractivity contribution < 1.29 is 47.8 Å². The SMILES string of the molecule is O=C1OC(=O)c2c1cccc2-c1ccc2c(c1)C(=O)C(c1ccc3ccc4c(C5C(=O)c6ccc(-c7cccc8c7C(=O)OC8=O)cc6C5=O)ccc5ccc1c3c54)C2=O. The Morgan fingerprint density at radius 1 is 0.333 bits per heavy atom. The lowest BCUT2D eigenvalue weighted by Crippen LogP contribution is -2.14. The molecular formula is C50H22O10. The lowest BCUT2D eigenvalue weighted by atomic mass is 9.83. The second-order valence-electron chi connectivity index (χ2n) is 15.4. The lowest BCUT2D eigenvalue weighted by Gasteiger charge is -2.19. The Labute approximate surface area is 337 Å². The molecule has 2 unspecified atom stereocenters. The minimum atomic E-state index is -1.15. The minimum Gasteiger partial charge on any atom is -0.386 e. The number of cyclic esters (lactones) is 4. The van der Waals surface area contributed by atoms with Crippen molar-refractivity contribution in [3.05, 3.63) is 177 Å². The zero-order valence-corrected chi connectivity index (χ0v) is 30.8. The maximum Gasteiger partial charge on any atom is 0.347 e. The van der Waals surface area contributed by atoms with Crippen LogP contribution < -0.4 is 0 Å². The van der Waals surface area contributed by atoms with E-state index in [1.54, 1.807) is 72.8 Å². The van der Waals surface area contributed by atoms with Crippen LogP contribution in [0.25, 0.3) is 54.6 Å². The first-order valence-corrected chi connectivity index (χ1v) is 19.0. The Kier molecular flexibility index (Phi) is 6.59. The number of Topliss-reactive ketones (excluding diaryl/α,β-unsaturated/α-hetero) is 4. The van der Waals surface area contributed by atoms with Gasteiger partial charge in [-0.2, -0.15) is 0 Å². The van der Waals surface area contributed by atoms with Crippen LogP contribution in [0.15, 0.2) is 121 Å². The fourth-order valence-corrected chi connectivity index (χ4v) is 9.78. The number of carbonyl (C=O) groups excluding carboxylic acids is 8. The van der Waals surface area contributed by atoms with Gasteiger partial charge in [-0.05, 0) is 90.0 Å². The van der Waals surface area contributed by atoms with E-state index in [2.05, 4.69) is 0 Å². The van der Waals surface area contributed by atoms with E-state index in [1.807, 2.05) is 36.4 Å². The number of carbonyl (C=O) groups is 8. The highest BCUT2D eigenvalue weighted by Gasteiger charge is 2.43. The van der Waals surface area contributed by atoms with Crippen LogP contribution >= 0.6 is 0 Å². The van der Waals surface area contributed by atoms with Gasteiger partial charge in [0.15, 0.2) is 23.1 Å². The molecule has 2 atom stereocenters. The van der Waals surface area contributed by atoms with Crippen molar-refractivity contribution in [1.29, 1.82) is 0 Å². The molecule has 0 aromatic heterocycles. The molecular weight excluding hydrogens is 761 g/mol. The van der Waals surface area contributed by atoms with Crippen molar-refractivity contribution in [2.24, 2.45) is 0 Å². The largest absolute Gasteiger partial charge is 0.386 e. The highest BCUT2D eigenvalue weighted by atomic mass is 16.6. The van der Waals surface area contributed by atoms with Crippen molar-refractivity contribution >= 4 is 79.3 Å². The van der Waals surface area contributed by atoms with E-state index in [4.69, 9.17) is 9.47 Å². The average molecular weight is 783 g/mol. The van der Waals surface area contributed by atoms with E-state index in [0.717, 1.165) is 21.5 Å².